The van der Waals surface area contributed by atoms with E-state index in [9.17, 15) is 19.5 Å². The van der Waals surface area contributed by atoms with Gasteiger partial charge in [0.1, 0.15) is 5.82 Å². The van der Waals surface area contributed by atoms with Gasteiger partial charge in [0, 0.05) is 61.6 Å². The topological polar surface area (TPSA) is 194 Å². The molecule has 3 amide bonds. The fourth-order valence-electron chi connectivity index (χ4n) is 10.4. The van der Waals surface area contributed by atoms with Crippen LogP contribution in [0.1, 0.15) is 106 Å². The molecule has 1 spiro atoms. The molecule has 2 aliphatic carbocycles. The number of likely N-dealkylation sites (tertiary alicyclic amines) is 1. The van der Waals surface area contributed by atoms with E-state index in [2.05, 4.69) is 75.2 Å². The number of hydrogen-bond acceptors (Lipinski definition) is 11. The molecular weight excluding hydrogens is 1010 g/mol. The number of fused-ring (bicyclic) bond motifs is 3. The molecule has 10 rings (SSSR count). The Kier molecular flexibility index (Phi) is 14.2. The molecule has 2 aromatic carbocycles. The maximum atomic E-state index is 13.2. The number of anilines is 2. The SMILES string of the molecule is CC1CN(Cc2c[c-]ccc2)CCC1c1ccc2c(CC3CCC(=O)NC3=O)nn(C)c2c1.O=C1N([C@@H]2CCC[C@@H](O)C2)c2nc(NC3CC[N-]CC3)ncc2C12CC2.[O]=[U]=[O]. The van der Waals surface area contributed by atoms with Gasteiger partial charge in [-0.15, -0.1) is 18.7 Å². The molecule has 3 unspecified atom stereocenters. The number of nitrogens with zero attached hydrogens (tertiary/aromatic N) is 7. The second-order valence-corrected chi connectivity index (χ2v) is 18.7. The van der Waals surface area contributed by atoms with Crippen molar-refractivity contribution in [1.82, 2.24) is 30.0 Å². The monoisotopic (exact) mass is 1070 g/mol. The second kappa shape index (κ2) is 19.8. The van der Waals surface area contributed by atoms with Gasteiger partial charge in [-0.25, -0.2) is 4.98 Å². The number of hydrogen-bond donors (Lipinski definition) is 3. The van der Waals surface area contributed by atoms with Crippen LogP contribution >= 0.6 is 0 Å². The molecule has 2 saturated carbocycles. The van der Waals surface area contributed by atoms with E-state index in [-0.39, 0.29) is 41.2 Å². The van der Waals surface area contributed by atoms with Crippen LogP contribution in [0.4, 0.5) is 11.8 Å². The Morgan fingerprint density at radius 2 is 1.87 bits per heavy atom. The van der Waals surface area contributed by atoms with Gasteiger partial charge in [0.05, 0.1) is 22.7 Å². The van der Waals surface area contributed by atoms with Gasteiger partial charge in [-0.3, -0.25) is 29.3 Å². The zero-order valence-corrected chi connectivity index (χ0v) is 39.9. The van der Waals surface area contributed by atoms with Crippen LogP contribution in [0.2, 0.25) is 0 Å². The van der Waals surface area contributed by atoms with Crippen molar-refractivity contribution >= 4 is 40.4 Å². The normalized spacial score (nSPS) is 25.8. The van der Waals surface area contributed by atoms with Crippen molar-refractivity contribution in [3.63, 3.8) is 0 Å². The number of carbonyl (C=O) groups is 3. The summed E-state index contributed by atoms with van der Waals surface area (Å²) in [6.07, 6.45) is 11.4. The quantitative estimate of drug-likeness (QED) is 0.150. The summed E-state index contributed by atoms with van der Waals surface area (Å²) in [5.41, 5.74) is 5.37. The summed E-state index contributed by atoms with van der Waals surface area (Å²) < 4.78 is 19.1. The van der Waals surface area contributed by atoms with E-state index in [1.165, 1.54) is 11.1 Å². The van der Waals surface area contributed by atoms with Gasteiger partial charge in [0.15, 0.2) is 0 Å². The third kappa shape index (κ3) is 9.85. The van der Waals surface area contributed by atoms with Crippen LogP contribution < -0.4 is 15.5 Å². The summed E-state index contributed by atoms with van der Waals surface area (Å²) >= 11 is -2.51. The van der Waals surface area contributed by atoms with Crippen molar-refractivity contribution in [2.75, 3.05) is 36.4 Å². The predicted octanol–water partition coefficient (Wildman–Crippen LogP) is 5.46. The Morgan fingerprint density at radius 1 is 1.06 bits per heavy atom. The Hall–Kier alpha value is -4.07. The van der Waals surface area contributed by atoms with Gasteiger partial charge in [-0.2, -0.15) is 40.4 Å². The zero-order chi connectivity index (χ0) is 43.4. The van der Waals surface area contributed by atoms with E-state index in [0.29, 0.717) is 49.5 Å². The molecule has 0 radical (unpaired) electrons. The van der Waals surface area contributed by atoms with E-state index >= 15 is 0 Å². The number of amides is 3. The van der Waals surface area contributed by atoms with Gasteiger partial charge in [-0.05, 0) is 87.9 Å². The number of aryl methyl sites for hydroxylation is 1. The van der Waals surface area contributed by atoms with Crippen molar-refractivity contribution < 1.29 is 51.8 Å². The Labute approximate surface area is 377 Å². The average molecular weight is 1070 g/mol. The minimum atomic E-state index is -2.51. The standard InChI is InChI=1S/C27H31N4O2.C19H26N5O2.2O.U/c1-18-16-31(17-19-6-4-3-5-7-19)13-12-22(18)20-8-10-23-24(29-30(2)25(23)15-20)14-21-9-11-26(32)28-27(21)33;25-14-3-1-2-13(10-14)24-16-15(19(6-7-19)17(24)26)11-21-18(23-16)22-12-4-8-20-9-5-12;;;/h3-4,6-8,10,15,18,21-22H,9,11-14,16-17H2,1-2H3,(H,28,32,33);11-14,25H,1-10H2,(H,21,22,23);;;/q2*-1;;;/t;13-,14-;;;/m.1.../s1. The van der Waals surface area contributed by atoms with Crippen LogP contribution in [0.5, 0.6) is 0 Å². The van der Waals surface area contributed by atoms with Crippen molar-refractivity contribution in [1.29, 1.82) is 0 Å². The molecule has 4 aliphatic heterocycles. The molecular formula is C46H57N9O6U-2. The Bertz CT molecular complexity index is 2290. The molecule has 15 nitrogen and oxygen atoms in total. The van der Waals surface area contributed by atoms with Gasteiger partial charge in [-0.1, -0.05) is 31.9 Å². The third-order valence-electron chi connectivity index (χ3n) is 13.8. The van der Waals surface area contributed by atoms with Crippen molar-refractivity contribution in [2.24, 2.45) is 18.9 Å². The summed E-state index contributed by atoms with van der Waals surface area (Å²) in [7, 11) is 1.98. The number of rotatable bonds is 8. The number of imide groups is 1. The fraction of sp³-hybridized carbons (Fsp3) is 0.565. The molecule has 5 atom stereocenters. The first-order chi connectivity index (χ1) is 30.1. The van der Waals surface area contributed by atoms with Gasteiger partial charge < -0.3 is 20.6 Å². The summed E-state index contributed by atoms with van der Waals surface area (Å²) in [5.74, 6) is 2.14. The van der Waals surface area contributed by atoms with E-state index in [1.807, 2.05) is 28.9 Å². The van der Waals surface area contributed by atoms with Gasteiger partial charge >= 0.3 is 32.3 Å². The zero-order valence-electron chi connectivity index (χ0n) is 35.7. The second-order valence-electron chi connectivity index (χ2n) is 18.1. The summed E-state index contributed by atoms with van der Waals surface area (Å²) in [5, 5.41) is 26.2. The van der Waals surface area contributed by atoms with Crippen molar-refractivity contribution in [2.45, 2.75) is 120 Å². The third-order valence-corrected chi connectivity index (χ3v) is 13.8. The summed E-state index contributed by atoms with van der Waals surface area (Å²) in [4.78, 5) is 50.6. The molecule has 5 fully saturated rings. The van der Waals surface area contributed by atoms with E-state index in [0.717, 1.165) is 112 Å². The van der Waals surface area contributed by atoms with Crippen molar-refractivity contribution in [3.8, 4) is 0 Å². The molecule has 16 heteroatoms. The number of aliphatic hydroxyl groups excluding tert-OH is 1. The van der Waals surface area contributed by atoms with Crippen LogP contribution in [0.25, 0.3) is 16.2 Å². The number of aromatic nitrogens is 4. The molecule has 2 aromatic heterocycles. The molecule has 0 bridgehead atoms. The van der Waals surface area contributed by atoms with Crippen LogP contribution in [0.15, 0.2) is 48.7 Å². The fourth-order valence-corrected chi connectivity index (χ4v) is 10.4. The Morgan fingerprint density at radius 3 is 2.58 bits per heavy atom. The first-order valence-electron chi connectivity index (χ1n) is 22.3. The molecule has 62 heavy (non-hydrogen) atoms. The first kappa shape index (κ1) is 44.5. The molecule has 328 valence electrons. The molecule has 6 aliphatic rings. The number of nitrogens with one attached hydrogen (secondary N) is 2. The number of piperidine rings is 3. The summed E-state index contributed by atoms with van der Waals surface area (Å²) in [6.45, 7) is 7.29. The predicted molar refractivity (Wildman–Crippen MR) is 227 cm³/mol. The van der Waals surface area contributed by atoms with Crippen LogP contribution in [-0.2, 0) is 44.3 Å². The van der Waals surface area contributed by atoms with Crippen LogP contribution in [-0.4, -0.2) is 91.8 Å². The summed E-state index contributed by atoms with van der Waals surface area (Å²) in [6, 6.07) is 18.6. The number of aliphatic hydroxyl groups is 1. The molecule has 3 saturated heterocycles. The molecule has 3 N–H and O–H groups in total. The maximum absolute atomic E-state index is 13.2. The number of carbonyl (C=O) groups excluding carboxylic acids is 3. The van der Waals surface area contributed by atoms with Crippen LogP contribution in [0.3, 0.4) is 0 Å². The van der Waals surface area contributed by atoms with E-state index < -0.39 is 27.8 Å². The van der Waals surface area contributed by atoms with E-state index in [1.54, 1.807) is 0 Å². The van der Waals surface area contributed by atoms with Crippen LogP contribution in [0, 0.1) is 45.7 Å². The van der Waals surface area contributed by atoms with Gasteiger partial charge in [0.25, 0.3) is 0 Å². The minimum absolute atomic E-state index is 0.0567. The molecule has 6 heterocycles. The first-order valence-corrected chi connectivity index (χ1v) is 25.7. The Balaban J connectivity index is 0.000000164. The van der Waals surface area contributed by atoms with Gasteiger partial charge in [0.2, 0.25) is 23.7 Å². The average Bonchev–Trinajstić information content (AvgIpc) is 3.96. The molecule has 4 aromatic rings. The van der Waals surface area contributed by atoms with Crippen molar-refractivity contribution in [3.05, 3.63) is 82.4 Å². The number of benzene rings is 2. The van der Waals surface area contributed by atoms with E-state index in [4.69, 9.17) is 14.6 Å².